The highest BCUT2D eigenvalue weighted by Gasteiger charge is 2.13. The summed E-state index contributed by atoms with van der Waals surface area (Å²) in [6, 6.07) is 5.27. The third-order valence-corrected chi connectivity index (χ3v) is 4.25. The monoisotopic (exact) mass is 245 g/mol. The fraction of sp³-hybridized carbons (Fsp3) is 0.111. The minimum absolute atomic E-state index is 0.360. The van der Waals surface area contributed by atoms with Gasteiger partial charge in [-0.15, -0.1) is 11.3 Å². The Morgan fingerprint density at radius 2 is 2.21 bits per heavy atom. The first kappa shape index (κ1) is 10.1. The van der Waals surface area contributed by atoms with Crippen LogP contribution in [0.1, 0.15) is 5.56 Å². The van der Waals surface area contributed by atoms with Crippen LogP contribution < -0.4 is 0 Å². The molecule has 2 aliphatic rings. The van der Waals surface area contributed by atoms with Crippen LogP contribution in [0.3, 0.4) is 0 Å². The van der Waals surface area contributed by atoms with Gasteiger partial charge in [0.15, 0.2) is 0 Å². The molecule has 0 spiro atoms. The normalized spacial score (nSPS) is 13.4. The molecule has 1 heterocycles. The molecule has 14 heavy (non-hydrogen) atoms. The number of hydrogen-bond acceptors (Lipinski definition) is 3. The van der Waals surface area contributed by atoms with Gasteiger partial charge in [0, 0.05) is 9.77 Å². The summed E-state index contributed by atoms with van der Waals surface area (Å²) in [6.07, 6.45) is 0. The summed E-state index contributed by atoms with van der Waals surface area (Å²) in [5.41, 5.74) is 1.71. The highest BCUT2D eigenvalue weighted by atomic mass is 35.5. The first-order chi connectivity index (χ1) is 6.59. The summed E-state index contributed by atoms with van der Waals surface area (Å²) in [7, 11) is 0. The number of fused-ring (bicyclic) bond motifs is 1. The van der Waals surface area contributed by atoms with Crippen LogP contribution >= 0.6 is 22.9 Å². The van der Waals surface area contributed by atoms with Crippen molar-refractivity contribution in [3.63, 3.8) is 0 Å². The Labute approximate surface area is 93.2 Å². The minimum atomic E-state index is -2.17. The van der Waals surface area contributed by atoms with E-state index in [9.17, 15) is 8.76 Å². The molecule has 0 N–H and O–H groups in total. The van der Waals surface area contributed by atoms with Crippen LogP contribution in [0.2, 0.25) is 4.34 Å². The largest absolute Gasteiger partial charge is 0.768 e. The molecule has 5 heteroatoms. The topological polar surface area (TPSA) is 40.1 Å². The summed E-state index contributed by atoms with van der Waals surface area (Å²) in [5.74, 6) is 0. The molecular formula is C9H6ClO2S2-. The number of halogens is 1. The van der Waals surface area contributed by atoms with Gasteiger partial charge >= 0.3 is 0 Å². The van der Waals surface area contributed by atoms with Crippen molar-refractivity contribution in [2.24, 2.45) is 0 Å². The third kappa shape index (κ3) is 1.59. The second-order valence-corrected chi connectivity index (χ2v) is 5.49. The maximum Gasteiger partial charge on any atom is 0.0934 e. The summed E-state index contributed by atoms with van der Waals surface area (Å²) < 4.78 is 22.4. The van der Waals surface area contributed by atoms with Crippen LogP contribution in [-0.2, 0) is 11.1 Å². The number of hydrogen-bond donors (Lipinski definition) is 0. The van der Waals surface area contributed by atoms with Crippen LogP contribution in [0.25, 0.3) is 10.4 Å². The fourth-order valence-electron chi connectivity index (χ4n) is 1.36. The summed E-state index contributed by atoms with van der Waals surface area (Å²) in [4.78, 5) is 1.30. The molecule has 1 unspecified atom stereocenters. The maximum atomic E-state index is 10.8. The van der Waals surface area contributed by atoms with Crippen molar-refractivity contribution in [3.05, 3.63) is 28.1 Å². The average Bonchev–Trinajstić information content (AvgIpc) is 2.44. The standard InChI is InChI=1S/C9H7ClO2S2/c1-5-7(14(11)12)4-6-2-3-8(10)13-9(5)6/h2-4H,1H3,(H,11,12)/p-1. The van der Waals surface area contributed by atoms with Crippen molar-refractivity contribution >= 4 is 34.0 Å². The third-order valence-electron chi connectivity index (χ3n) is 2.03. The molecular weight excluding hydrogens is 240 g/mol. The van der Waals surface area contributed by atoms with E-state index in [0.717, 1.165) is 16.0 Å². The zero-order valence-electron chi connectivity index (χ0n) is 7.24. The molecule has 2 nitrogen and oxygen atoms in total. The minimum Gasteiger partial charge on any atom is -0.768 e. The smallest absolute Gasteiger partial charge is 0.0934 e. The Morgan fingerprint density at radius 1 is 1.50 bits per heavy atom. The van der Waals surface area contributed by atoms with E-state index in [0.29, 0.717) is 9.23 Å². The Balaban J connectivity index is 2.74. The van der Waals surface area contributed by atoms with Crippen LogP contribution in [-0.4, -0.2) is 8.76 Å². The van der Waals surface area contributed by atoms with Gasteiger partial charge in [0.25, 0.3) is 0 Å². The molecule has 0 saturated carbocycles. The molecule has 0 radical (unpaired) electrons. The summed E-state index contributed by atoms with van der Waals surface area (Å²) in [6.45, 7) is 1.79. The molecule has 0 aromatic heterocycles. The Kier molecular flexibility index (Phi) is 2.62. The van der Waals surface area contributed by atoms with E-state index < -0.39 is 11.1 Å². The van der Waals surface area contributed by atoms with Gasteiger partial charge in [-0.1, -0.05) is 17.7 Å². The molecule has 0 bridgehead atoms. The van der Waals surface area contributed by atoms with Gasteiger partial charge in [-0.05, 0) is 41.3 Å². The quantitative estimate of drug-likeness (QED) is 0.725. The highest BCUT2D eigenvalue weighted by Crippen LogP contribution is 2.38. The van der Waals surface area contributed by atoms with Gasteiger partial charge in [0.2, 0.25) is 0 Å². The molecule has 0 fully saturated rings. The lowest BCUT2D eigenvalue weighted by molar-refractivity contribution is 0.537. The van der Waals surface area contributed by atoms with Crippen LogP contribution in [0.15, 0.2) is 23.1 Å². The molecule has 1 atom stereocenters. The lowest BCUT2D eigenvalue weighted by atomic mass is 10.2. The second-order valence-electron chi connectivity index (χ2n) is 2.89. The van der Waals surface area contributed by atoms with Crippen molar-refractivity contribution in [1.82, 2.24) is 0 Å². The van der Waals surface area contributed by atoms with E-state index in [1.165, 1.54) is 11.3 Å². The van der Waals surface area contributed by atoms with Gasteiger partial charge in [0.05, 0.1) is 4.34 Å². The van der Waals surface area contributed by atoms with Crippen molar-refractivity contribution in [1.29, 1.82) is 0 Å². The van der Waals surface area contributed by atoms with Gasteiger partial charge in [-0.3, -0.25) is 4.21 Å². The second kappa shape index (κ2) is 3.62. The van der Waals surface area contributed by atoms with E-state index in [1.54, 1.807) is 19.1 Å². The molecule has 0 aromatic rings. The first-order valence-electron chi connectivity index (χ1n) is 3.87. The van der Waals surface area contributed by atoms with E-state index in [2.05, 4.69) is 0 Å². The lowest BCUT2D eigenvalue weighted by Gasteiger charge is -2.03. The molecule has 0 saturated heterocycles. The first-order valence-corrected chi connectivity index (χ1v) is 6.14. The highest BCUT2D eigenvalue weighted by molar-refractivity contribution is 7.79. The molecule has 74 valence electrons. The van der Waals surface area contributed by atoms with Gasteiger partial charge < -0.3 is 4.55 Å². The van der Waals surface area contributed by atoms with Crippen molar-refractivity contribution in [3.8, 4) is 10.4 Å². The van der Waals surface area contributed by atoms with Crippen molar-refractivity contribution < 1.29 is 8.76 Å². The molecule has 0 amide bonds. The van der Waals surface area contributed by atoms with E-state index >= 15 is 0 Å². The number of rotatable bonds is 1. The van der Waals surface area contributed by atoms with Crippen LogP contribution in [0.4, 0.5) is 0 Å². The Bertz CT molecular complexity index is 478. The van der Waals surface area contributed by atoms with E-state index in [-0.39, 0.29) is 0 Å². The van der Waals surface area contributed by atoms with E-state index in [1.807, 2.05) is 6.07 Å². The maximum absolute atomic E-state index is 10.8. The summed E-state index contributed by atoms with van der Waals surface area (Å²) >= 11 is 5.08. The molecule has 0 aromatic carbocycles. The predicted molar refractivity (Wildman–Crippen MR) is 57.9 cm³/mol. The van der Waals surface area contributed by atoms with Crippen LogP contribution in [0, 0.1) is 6.92 Å². The van der Waals surface area contributed by atoms with E-state index in [4.69, 9.17) is 11.6 Å². The molecule has 1 aliphatic carbocycles. The molecule has 1 aliphatic heterocycles. The zero-order valence-corrected chi connectivity index (χ0v) is 9.63. The zero-order chi connectivity index (χ0) is 10.3. The van der Waals surface area contributed by atoms with Crippen molar-refractivity contribution in [2.45, 2.75) is 11.8 Å². The van der Waals surface area contributed by atoms with Crippen LogP contribution in [0.5, 0.6) is 0 Å². The Morgan fingerprint density at radius 3 is 2.86 bits per heavy atom. The van der Waals surface area contributed by atoms with Gasteiger partial charge in [0.1, 0.15) is 0 Å². The fourth-order valence-corrected chi connectivity index (χ4v) is 3.14. The van der Waals surface area contributed by atoms with Crippen molar-refractivity contribution in [2.75, 3.05) is 0 Å². The van der Waals surface area contributed by atoms with Gasteiger partial charge in [-0.2, -0.15) is 0 Å². The SMILES string of the molecule is Cc1c(S(=O)[O-])cc2ccc(Cl)sc1-2. The Hall–Kier alpha value is -0.420. The summed E-state index contributed by atoms with van der Waals surface area (Å²) in [5, 5.41) is 0. The average molecular weight is 246 g/mol. The molecule has 2 rings (SSSR count). The van der Waals surface area contributed by atoms with Gasteiger partial charge in [-0.25, -0.2) is 0 Å². The predicted octanol–water partition coefficient (Wildman–Crippen LogP) is 3.05. The lowest BCUT2D eigenvalue weighted by Crippen LogP contribution is -1.86.